The summed E-state index contributed by atoms with van der Waals surface area (Å²) in [5.41, 5.74) is 2.04. The monoisotopic (exact) mass is 491 g/mol. The molecular formula is C26H25N3O7. The first-order valence-electron chi connectivity index (χ1n) is 11.1. The van der Waals surface area contributed by atoms with Crippen LogP contribution in [0.25, 0.3) is 0 Å². The van der Waals surface area contributed by atoms with Gasteiger partial charge in [0, 0.05) is 18.6 Å². The minimum atomic E-state index is -1.10. The lowest BCUT2D eigenvalue weighted by molar-refractivity contribution is -0.384. The molecule has 3 aromatic rings. The Hall–Kier alpha value is -4.73. The van der Waals surface area contributed by atoms with Crippen molar-refractivity contribution >= 4 is 23.7 Å². The molecule has 3 rings (SSSR count). The number of esters is 1. The highest BCUT2D eigenvalue weighted by Crippen LogP contribution is 2.13. The fourth-order valence-corrected chi connectivity index (χ4v) is 3.18. The van der Waals surface area contributed by atoms with Crippen molar-refractivity contribution in [1.29, 1.82) is 0 Å². The average molecular weight is 492 g/mol. The number of ether oxygens (including phenoxy) is 2. The summed E-state index contributed by atoms with van der Waals surface area (Å²) in [6.45, 7) is -0.334. The van der Waals surface area contributed by atoms with Gasteiger partial charge in [0.25, 0.3) is 5.69 Å². The van der Waals surface area contributed by atoms with Gasteiger partial charge in [-0.1, -0.05) is 72.8 Å². The van der Waals surface area contributed by atoms with E-state index in [0.29, 0.717) is 5.56 Å². The molecule has 0 heterocycles. The quantitative estimate of drug-likeness (QED) is 0.239. The summed E-state index contributed by atoms with van der Waals surface area (Å²) in [6.07, 6.45) is -0.809. The first-order chi connectivity index (χ1) is 17.4. The van der Waals surface area contributed by atoms with Crippen LogP contribution in [0.2, 0.25) is 0 Å². The Morgan fingerprint density at radius 3 is 1.89 bits per heavy atom. The van der Waals surface area contributed by atoms with Gasteiger partial charge in [0.05, 0.1) is 4.92 Å². The van der Waals surface area contributed by atoms with E-state index in [0.717, 1.165) is 11.1 Å². The molecule has 10 heteroatoms. The minimum absolute atomic E-state index is 0.00432. The lowest BCUT2D eigenvalue weighted by atomic mass is 10.0. The summed E-state index contributed by atoms with van der Waals surface area (Å²) in [7, 11) is 0. The number of nitrogens with one attached hydrogen (secondary N) is 2. The van der Waals surface area contributed by atoms with Gasteiger partial charge in [-0.15, -0.1) is 0 Å². The van der Waals surface area contributed by atoms with Crippen LogP contribution in [0.5, 0.6) is 0 Å². The lowest BCUT2D eigenvalue weighted by Crippen LogP contribution is -2.49. The second kappa shape index (κ2) is 13.2. The zero-order valence-corrected chi connectivity index (χ0v) is 19.3. The molecule has 0 aliphatic heterocycles. The first kappa shape index (κ1) is 25.9. The molecule has 0 saturated carbocycles. The molecule has 0 fully saturated rings. The topological polar surface area (TPSA) is 137 Å². The van der Waals surface area contributed by atoms with Crippen LogP contribution in [0.1, 0.15) is 16.7 Å². The second-order valence-electron chi connectivity index (χ2n) is 7.75. The predicted octanol–water partition coefficient (Wildman–Crippen LogP) is 3.29. The Kier molecular flexibility index (Phi) is 9.51. The summed E-state index contributed by atoms with van der Waals surface area (Å²) >= 11 is 0. The second-order valence-corrected chi connectivity index (χ2v) is 7.75. The van der Waals surface area contributed by atoms with E-state index in [1.54, 1.807) is 36.4 Å². The van der Waals surface area contributed by atoms with Crippen LogP contribution in [-0.2, 0) is 38.7 Å². The van der Waals surface area contributed by atoms with Crippen LogP contribution in [0.3, 0.4) is 0 Å². The van der Waals surface area contributed by atoms with E-state index >= 15 is 0 Å². The highest BCUT2D eigenvalue weighted by Gasteiger charge is 2.23. The van der Waals surface area contributed by atoms with Crippen molar-refractivity contribution in [2.24, 2.45) is 0 Å². The van der Waals surface area contributed by atoms with E-state index in [4.69, 9.17) is 9.47 Å². The summed E-state index contributed by atoms with van der Waals surface area (Å²) in [5.74, 6) is -1.28. The van der Waals surface area contributed by atoms with Crippen molar-refractivity contribution in [3.05, 3.63) is 112 Å². The number of nitro benzene ring substituents is 1. The number of non-ortho nitro benzene ring substituents is 1. The van der Waals surface area contributed by atoms with Gasteiger partial charge in [-0.05, 0) is 16.7 Å². The van der Waals surface area contributed by atoms with E-state index in [1.165, 1.54) is 24.3 Å². The van der Waals surface area contributed by atoms with Crippen molar-refractivity contribution in [2.75, 3.05) is 6.54 Å². The number of carbonyl (C=O) groups is 3. The Morgan fingerprint density at radius 1 is 0.778 bits per heavy atom. The van der Waals surface area contributed by atoms with Gasteiger partial charge < -0.3 is 20.1 Å². The molecule has 2 amide bonds. The van der Waals surface area contributed by atoms with Crippen LogP contribution < -0.4 is 10.6 Å². The van der Waals surface area contributed by atoms with Crippen LogP contribution in [-0.4, -0.2) is 35.5 Å². The Bertz CT molecular complexity index is 1170. The van der Waals surface area contributed by atoms with Gasteiger partial charge in [-0.3, -0.25) is 19.7 Å². The van der Waals surface area contributed by atoms with Crippen molar-refractivity contribution in [1.82, 2.24) is 10.6 Å². The molecule has 186 valence electrons. The normalized spacial score (nSPS) is 11.1. The van der Waals surface area contributed by atoms with E-state index in [1.807, 2.05) is 24.3 Å². The number of hydrogen-bond donors (Lipinski definition) is 2. The summed E-state index contributed by atoms with van der Waals surface area (Å²) in [4.78, 5) is 47.6. The average Bonchev–Trinajstić information content (AvgIpc) is 2.90. The summed E-state index contributed by atoms with van der Waals surface area (Å²) in [5, 5.41) is 15.8. The van der Waals surface area contributed by atoms with E-state index in [2.05, 4.69) is 10.6 Å². The minimum Gasteiger partial charge on any atom is -0.460 e. The number of nitro groups is 1. The number of hydrogen-bond acceptors (Lipinski definition) is 7. The van der Waals surface area contributed by atoms with Gasteiger partial charge in [-0.2, -0.15) is 0 Å². The van der Waals surface area contributed by atoms with E-state index < -0.39 is 35.5 Å². The van der Waals surface area contributed by atoms with Gasteiger partial charge in [0.1, 0.15) is 25.8 Å². The number of amides is 2. The molecule has 0 saturated heterocycles. The van der Waals surface area contributed by atoms with Crippen molar-refractivity contribution in [2.45, 2.75) is 25.7 Å². The van der Waals surface area contributed by atoms with Crippen LogP contribution in [0.4, 0.5) is 10.5 Å². The number of nitrogens with zero attached hydrogens (tertiary/aromatic N) is 1. The molecule has 1 atom stereocenters. The molecule has 0 radical (unpaired) electrons. The van der Waals surface area contributed by atoms with Gasteiger partial charge in [-0.25, -0.2) is 4.79 Å². The fraction of sp³-hybridized carbons (Fsp3) is 0.192. The predicted molar refractivity (Wildman–Crippen MR) is 130 cm³/mol. The number of carbonyl (C=O) groups excluding carboxylic acids is 3. The van der Waals surface area contributed by atoms with Gasteiger partial charge in [0.2, 0.25) is 5.91 Å². The Morgan fingerprint density at radius 2 is 1.33 bits per heavy atom. The number of alkyl carbamates (subject to hydrolysis) is 1. The zero-order valence-electron chi connectivity index (χ0n) is 19.3. The summed E-state index contributed by atoms with van der Waals surface area (Å²) in [6, 6.07) is 22.6. The summed E-state index contributed by atoms with van der Waals surface area (Å²) < 4.78 is 10.4. The molecular weight excluding hydrogens is 466 g/mol. The van der Waals surface area contributed by atoms with Gasteiger partial charge in [0.15, 0.2) is 0 Å². The van der Waals surface area contributed by atoms with Crippen LogP contribution in [0, 0.1) is 10.1 Å². The molecule has 0 aromatic heterocycles. The highest BCUT2D eigenvalue weighted by molar-refractivity contribution is 5.88. The molecule has 3 aromatic carbocycles. The maximum atomic E-state index is 12.8. The molecule has 0 unspecified atom stereocenters. The third-order valence-corrected chi connectivity index (χ3v) is 5.06. The molecule has 36 heavy (non-hydrogen) atoms. The van der Waals surface area contributed by atoms with Crippen LogP contribution in [0.15, 0.2) is 84.9 Å². The highest BCUT2D eigenvalue weighted by atomic mass is 16.6. The maximum absolute atomic E-state index is 12.8. The first-order valence-corrected chi connectivity index (χ1v) is 11.1. The van der Waals surface area contributed by atoms with E-state index in [9.17, 15) is 24.5 Å². The largest absolute Gasteiger partial charge is 0.460 e. The zero-order chi connectivity index (χ0) is 25.8. The van der Waals surface area contributed by atoms with Crippen molar-refractivity contribution in [3.63, 3.8) is 0 Å². The molecule has 0 spiro atoms. The van der Waals surface area contributed by atoms with E-state index in [-0.39, 0.29) is 25.3 Å². The Balaban J connectivity index is 1.58. The third-order valence-electron chi connectivity index (χ3n) is 5.06. The molecule has 0 bridgehead atoms. The van der Waals surface area contributed by atoms with Gasteiger partial charge >= 0.3 is 12.1 Å². The molecule has 0 aliphatic carbocycles. The number of rotatable bonds is 11. The maximum Gasteiger partial charge on any atom is 0.408 e. The smallest absolute Gasteiger partial charge is 0.408 e. The van der Waals surface area contributed by atoms with Crippen molar-refractivity contribution < 1.29 is 28.8 Å². The molecule has 10 nitrogen and oxygen atoms in total. The molecule has 0 aliphatic rings. The Labute approximate surface area is 207 Å². The standard InChI is InChI=1S/C26H25N3O7/c30-24(35-17-20-7-3-1-4-8-20)16-27-25(31)23(15-19-11-13-22(14-12-19)29(33)34)28-26(32)36-18-21-9-5-2-6-10-21/h1-14,23H,15-18H2,(H,27,31)(H,28,32)/t23-/m1/s1. The number of benzene rings is 3. The van der Waals surface area contributed by atoms with Crippen molar-refractivity contribution in [3.8, 4) is 0 Å². The molecule has 2 N–H and O–H groups in total. The third kappa shape index (κ3) is 8.56. The lowest BCUT2D eigenvalue weighted by Gasteiger charge is -2.18. The van der Waals surface area contributed by atoms with Crippen LogP contribution >= 0.6 is 0 Å². The SMILES string of the molecule is O=C(CNC(=O)[C@@H](Cc1ccc([N+](=O)[O-])cc1)NC(=O)OCc1ccccc1)OCc1ccccc1. The fourth-order valence-electron chi connectivity index (χ4n) is 3.18.